The monoisotopic (exact) mass is 351 g/mol. The molecule has 0 aliphatic rings. The lowest BCUT2D eigenvalue weighted by molar-refractivity contribution is 0.284. The summed E-state index contributed by atoms with van der Waals surface area (Å²) in [6.45, 7) is 3.05. The van der Waals surface area contributed by atoms with E-state index in [1.54, 1.807) is 13.2 Å². The quantitative estimate of drug-likeness (QED) is 0.624. The van der Waals surface area contributed by atoms with E-state index < -0.39 is 0 Å². The molecule has 0 aromatic heterocycles. The lowest BCUT2D eigenvalue weighted by Gasteiger charge is -2.14. The number of benzene rings is 3. The van der Waals surface area contributed by atoms with E-state index in [4.69, 9.17) is 9.47 Å². The van der Waals surface area contributed by atoms with E-state index in [9.17, 15) is 4.39 Å². The molecule has 0 atom stereocenters. The molecule has 0 aliphatic carbocycles. The second-order valence-electron chi connectivity index (χ2n) is 6.07. The van der Waals surface area contributed by atoms with Crippen molar-refractivity contribution in [2.45, 2.75) is 20.1 Å². The largest absolute Gasteiger partial charge is 0.493 e. The average molecular weight is 351 g/mol. The van der Waals surface area contributed by atoms with Crippen LogP contribution in [0.5, 0.6) is 11.5 Å². The number of halogens is 1. The smallest absolute Gasteiger partial charge is 0.161 e. The molecule has 1 N–H and O–H groups in total. The van der Waals surface area contributed by atoms with Gasteiger partial charge >= 0.3 is 0 Å². The van der Waals surface area contributed by atoms with Crippen molar-refractivity contribution in [1.82, 2.24) is 0 Å². The van der Waals surface area contributed by atoms with Crippen LogP contribution in [0.15, 0.2) is 66.7 Å². The lowest BCUT2D eigenvalue weighted by atomic mass is 10.1. The molecule has 3 rings (SSSR count). The zero-order chi connectivity index (χ0) is 18.4. The van der Waals surface area contributed by atoms with Crippen LogP contribution in [0.4, 0.5) is 10.1 Å². The SMILES string of the molecule is COc1cc(CNc2ccccc2C)ccc1OCc1cccc(F)c1. The molecular weight excluding hydrogens is 329 g/mol. The fraction of sp³-hybridized carbons (Fsp3) is 0.182. The Labute approximate surface area is 153 Å². The van der Waals surface area contributed by atoms with Gasteiger partial charge in [-0.05, 0) is 53.9 Å². The van der Waals surface area contributed by atoms with E-state index in [2.05, 4.69) is 24.4 Å². The molecule has 26 heavy (non-hydrogen) atoms. The maximum absolute atomic E-state index is 13.3. The summed E-state index contributed by atoms with van der Waals surface area (Å²) in [5.41, 5.74) is 4.17. The van der Waals surface area contributed by atoms with Crippen molar-refractivity contribution in [3.05, 3.63) is 89.2 Å². The Bertz CT molecular complexity index is 880. The van der Waals surface area contributed by atoms with Gasteiger partial charge in [-0.25, -0.2) is 4.39 Å². The molecular formula is C22H22FNO2. The first-order valence-corrected chi connectivity index (χ1v) is 8.49. The fourth-order valence-electron chi connectivity index (χ4n) is 2.70. The number of para-hydroxylation sites is 1. The predicted molar refractivity (Wildman–Crippen MR) is 102 cm³/mol. The molecule has 0 spiro atoms. The van der Waals surface area contributed by atoms with Crippen molar-refractivity contribution in [1.29, 1.82) is 0 Å². The van der Waals surface area contributed by atoms with Crippen LogP contribution in [0.25, 0.3) is 0 Å². The second kappa shape index (κ2) is 8.39. The molecule has 0 unspecified atom stereocenters. The molecule has 0 radical (unpaired) electrons. The highest BCUT2D eigenvalue weighted by Gasteiger charge is 2.07. The van der Waals surface area contributed by atoms with Crippen LogP contribution < -0.4 is 14.8 Å². The van der Waals surface area contributed by atoms with Crippen molar-refractivity contribution < 1.29 is 13.9 Å². The third kappa shape index (κ3) is 4.54. The molecule has 3 aromatic carbocycles. The van der Waals surface area contributed by atoms with Crippen LogP contribution in [0.3, 0.4) is 0 Å². The van der Waals surface area contributed by atoms with E-state index in [0.717, 1.165) is 16.8 Å². The highest BCUT2D eigenvalue weighted by atomic mass is 19.1. The zero-order valence-corrected chi connectivity index (χ0v) is 15.0. The average Bonchev–Trinajstić information content (AvgIpc) is 2.66. The maximum atomic E-state index is 13.3. The van der Waals surface area contributed by atoms with Crippen LogP contribution in [0.1, 0.15) is 16.7 Å². The fourth-order valence-corrected chi connectivity index (χ4v) is 2.70. The maximum Gasteiger partial charge on any atom is 0.161 e. The van der Waals surface area contributed by atoms with E-state index >= 15 is 0 Å². The van der Waals surface area contributed by atoms with Crippen molar-refractivity contribution in [2.75, 3.05) is 12.4 Å². The summed E-state index contributed by atoms with van der Waals surface area (Å²) >= 11 is 0. The highest BCUT2D eigenvalue weighted by molar-refractivity contribution is 5.51. The van der Waals surface area contributed by atoms with E-state index in [1.165, 1.54) is 17.7 Å². The van der Waals surface area contributed by atoms with Crippen LogP contribution in [0, 0.1) is 12.7 Å². The van der Waals surface area contributed by atoms with E-state index in [-0.39, 0.29) is 12.4 Å². The molecule has 4 heteroatoms. The standard InChI is InChI=1S/C22H22FNO2/c1-16-6-3-4-9-20(16)24-14-17-10-11-21(22(13-17)25-2)26-15-18-7-5-8-19(23)12-18/h3-13,24H,14-15H2,1-2H3. The highest BCUT2D eigenvalue weighted by Crippen LogP contribution is 2.29. The first kappa shape index (κ1) is 17.8. The molecule has 0 fully saturated rings. The minimum absolute atomic E-state index is 0.268. The minimum Gasteiger partial charge on any atom is -0.493 e. The Morgan fingerprint density at radius 2 is 1.73 bits per heavy atom. The van der Waals surface area contributed by atoms with Gasteiger partial charge in [-0.1, -0.05) is 36.4 Å². The van der Waals surface area contributed by atoms with Crippen molar-refractivity contribution in [3.63, 3.8) is 0 Å². The molecule has 3 aromatic rings. The van der Waals surface area contributed by atoms with E-state index in [1.807, 2.05) is 36.4 Å². The first-order valence-electron chi connectivity index (χ1n) is 8.49. The Morgan fingerprint density at radius 3 is 2.50 bits per heavy atom. The van der Waals surface area contributed by atoms with Gasteiger partial charge < -0.3 is 14.8 Å². The molecule has 3 nitrogen and oxygen atoms in total. The number of anilines is 1. The topological polar surface area (TPSA) is 30.5 Å². The third-order valence-electron chi connectivity index (χ3n) is 4.14. The molecule has 0 saturated heterocycles. The Kier molecular flexibility index (Phi) is 5.74. The second-order valence-corrected chi connectivity index (χ2v) is 6.07. The summed E-state index contributed by atoms with van der Waals surface area (Å²) in [5, 5.41) is 3.43. The lowest BCUT2D eigenvalue weighted by Crippen LogP contribution is -2.02. The Morgan fingerprint density at radius 1 is 0.885 bits per heavy atom. The summed E-state index contributed by atoms with van der Waals surface area (Å²) in [7, 11) is 1.61. The zero-order valence-electron chi connectivity index (χ0n) is 15.0. The van der Waals surface area contributed by atoms with Crippen LogP contribution in [0.2, 0.25) is 0 Å². The molecule has 0 aliphatic heterocycles. The van der Waals surface area contributed by atoms with Gasteiger partial charge in [0.25, 0.3) is 0 Å². The third-order valence-corrected chi connectivity index (χ3v) is 4.14. The minimum atomic E-state index is -0.268. The molecule has 0 saturated carbocycles. The molecule has 0 amide bonds. The number of hydrogen-bond acceptors (Lipinski definition) is 3. The summed E-state index contributed by atoms with van der Waals surface area (Å²) in [4.78, 5) is 0. The molecule has 0 heterocycles. The van der Waals surface area contributed by atoms with Gasteiger partial charge in [-0.2, -0.15) is 0 Å². The first-order chi connectivity index (χ1) is 12.7. The van der Waals surface area contributed by atoms with Crippen LogP contribution in [-0.4, -0.2) is 7.11 Å². The summed E-state index contributed by atoms with van der Waals surface area (Å²) in [6, 6.07) is 20.4. The number of nitrogens with one attached hydrogen (secondary N) is 1. The Hall–Kier alpha value is -3.01. The normalized spacial score (nSPS) is 10.4. The number of rotatable bonds is 7. The molecule has 0 bridgehead atoms. The number of aryl methyl sites for hydroxylation is 1. The van der Waals surface area contributed by atoms with Crippen LogP contribution in [-0.2, 0) is 13.2 Å². The number of methoxy groups -OCH3 is 1. The van der Waals surface area contributed by atoms with E-state index in [0.29, 0.717) is 18.0 Å². The van der Waals surface area contributed by atoms with Gasteiger partial charge in [0.1, 0.15) is 12.4 Å². The Balaban J connectivity index is 1.66. The van der Waals surface area contributed by atoms with Crippen molar-refractivity contribution in [3.8, 4) is 11.5 Å². The molecule has 134 valence electrons. The number of ether oxygens (including phenoxy) is 2. The van der Waals surface area contributed by atoms with Gasteiger partial charge in [0, 0.05) is 12.2 Å². The van der Waals surface area contributed by atoms with Crippen LogP contribution >= 0.6 is 0 Å². The number of hydrogen-bond donors (Lipinski definition) is 1. The van der Waals surface area contributed by atoms with Gasteiger partial charge in [0.15, 0.2) is 11.5 Å². The van der Waals surface area contributed by atoms with Gasteiger partial charge in [0.05, 0.1) is 7.11 Å². The predicted octanol–water partition coefficient (Wildman–Crippen LogP) is 5.33. The summed E-state index contributed by atoms with van der Waals surface area (Å²) < 4.78 is 24.5. The summed E-state index contributed by atoms with van der Waals surface area (Å²) in [6.07, 6.45) is 0. The van der Waals surface area contributed by atoms with Crippen molar-refractivity contribution >= 4 is 5.69 Å². The van der Waals surface area contributed by atoms with Gasteiger partial charge in [-0.3, -0.25) is 0 Å². The van der Waals surface area contributed by atoms with Gasteiger partial charge in [-0.15, -0.1) is 0 Å². The summed E-state index contributed by atoms with van der Waals surface area (Å²) in [5.74, 6) is 1.03. The van der Waals surface area contributed by atoms with Gasteiger partial charge in [0.2, 0.25) is 0 Å². The van der Waals surface area contributed by atoms with Crippen molar-refractivity contribution in [2.24, 2.45) is 0 Å².